The van der Waals surface area contributed by atoms with E-state index in [4.69, 9.17) is 4.74 Å². The minimum absolute atomic E-state index is 0.367. The van der Waals surface area contributed by atoms with Gasteiger partial charge in [-0.2, -0.15) is 0 Å². The molecular formula is C13H14N2O2. The van der Waals surface area contributed by atoms with Gasteiger partial charge in [0, 0.05) is 18.9 Å². The van der Waals surface area contributed by atoms with Gasteiger partial charge in [0.2, 0.25) is 0 Å². The zero-order chi connectivity index (χ0) is 12.1. The van der Waals surface area contributed by atoms with Crippen molar-refractivity contribution < 1.29 is 9.53 Å². The molecule has 1 heterocycles. The number of para-hydroxylation sites is 1. The number of carbonyl (C=O) groups is 1. The molecule has 0 spiro atoms. The van der Waals surface area contributed by atoms with Crippen molar-refractivity contribution in [3.8, 4) is 5.75 Å². The van der Waals surface area contributed by atoms with Gasteiger partial charge in [-0.05, 0) is 19.1 Å². The number of aromatic nitrogens is 2. The summed E-state index contributed by atoms with van der Waals surface area (Å²) >= 11 is 0. The number of hydrogen-bond acceptors (Lipinski definition) is 3. The third kappa shape index (κ3) is 2.53. The molecule has 0 saturated carbocycles. The number of benzene rings is 1. The molecule has 0 fully saturated rings. The lowest BCUT2D eigenvalue weighted by atomic mass is 10.2. The first kappa shape index (κ1) is 11.4. The summed E-state index contributed by atoms with van der Waals surface area (Å²) in [6, 6.07) is 7.16. The minimum Gasteiger partial charge on any atom is -0.485 e. The second-order valence-electron chi connectivity index (χ2n) is 3.57. The molecule has 88 valence electrons. The van der Waals surface area contributed by atoms with Gasteiger partial charge in [-0.1, -0.05) is 12.1 Å². The molecule has 0 aliphatic heterocycles. The predicted molar refractivity (Wildman–Crippen MR) is 64.1 cm³/mol. The molecule has 17 heavy (non-hydrogen) atoms. The monoisotopic (exact) mass is 230 g/mol. The van der Waals surface area contributed by atoms with Crippen LogP contribution in [0.15, 0.2) is 36.7 Å². The van der Waals surface area contributed by atoms with Crippen LogP contribution in [0.5, 0.6) is 5.75 Å². The Labute approximate surface area is 99.9 Å². The molecule has 0 saturated heterocycles. The molecule has 0 bridgehead atoms. The van der Waals surface area contributed by atoms with E-state index in [1.165, 1.54) is 0 Å². The summed E-state index contributed by atoms with van der Waals surface area (Å²) in [5, 5.41) is 0. The summed E-state index contributed by atoms with van der Waals surface area (Å²) in [5.74, 6) is 1.45. The van der Waals surface area contributed by atoms with Crippen molar-refractivity contribution in [1.29, 1.82) is 0 Å². The summed E-state index contributed by atoms with van der Waals surface area (Å²) in [6.45, 7) is 3.27. The fourth-order valence-corrected chi connectivity index (χ4v) is 1.62. The highest BCUT2D eigenvalue weighted by Gasteiger charge is 2.05. The fraction of sp³-hybridized carbons (Fsp3) is 0.231. The van der Waals surface area contributed by atoms with Crippen molar-refractivity contribution in [3.63, 3.8) is 0 Å². The SMILES string of the molecule is CCn1ccnc1COc1ccccc1C=O. The molecule has 1 aromatic carbocycles. The Morgan fingerprint density at radius 2 is 2.24 bits per heavy atom. The highest BCUT2D eigenvalue weighted by Crippen LogP contribution is 2.16. The molecule has 4 nitrogen and oxygen atoms in total. The van der Waals surface area contributed by atoms with Crippen LogP contribution in [0.25, 0.3) is 0 Å². The van der Waals surface area contributed by atoms with E-state index in [2.05, 4.69) is 4.98 Å². The second-order valence-corrected chi connectivity index (χ2v) is 3.57. The van der Waals surface area contributed by atoms with E-state index >= 15 is 0 Å². The van der Waals surface area contributed by atoms with Gasteiger partial charge in [-0.15, -0.1) is 0 Å². The van der Waals surface area contributed by atoms with Crippen LogP contribution in [0, 0.1) is 0 Å². The lowest BCUT2D eigenvalue weighted by Crippen LogP contribution is -2.06. The third-order valence-corrected chi connectivity index (χ3v) is 2.55. The van der Waals surface area contributed by atoms with Crippen molar-refractivity contribution >= 4 is 6.29 Å². The van der Waals surface area contributed by atoms with Crippen molar-refractivity contribution in [2.75, 3.05) is 0 Å². The number of carbonyl (C=O) groups excluding carboxylic acids is 1. The van der Waals surface area contributed by atoms with Crippen LogP contribution in [0.3, 0.4) is 0 Å². The fourth-order valence-electron chi connectivity index (χ4n) is 1.62. The van der Waals surface area contributed by atoms with E-state index in [0.717, 1.165) is 18.7 Å². The number of aldehydes is 1. The maximum absolute atomic E-state index is 10.8. The van der Waals surface area contributed by atoms with Gasteiger partial charge in [0.25, 0.3) is 0 Å². The van der Waals surface area contributed by atoms with E-state index in [1.54, 1.807) is 18.3 Å². The van der Waals surface area contributed by atoms with E-state index in [-0.39, 0.29) is 0 Å². The Morgan fingerprint density at radius 3 is 3.00 bits per heavy atom. The average Bonchev–Trinajstić information content (AvgIpc) is 2.84. The van der Waals surface area contributed by atoms with Crippen molar-refractivity contribution in [3.05, 3.63) is 48.0 Å². The smallest absolute Gasteiger partial charge is 0.153 e. The lowest BCUT2D eigenvalue weighted by Gasteiger charge is -2.08. The molecule has 1 aromatic heterocycles. The van der Waals surface area contributed by atoms with Crippen LogP contribution in [0.4, 0.5) is 0 Å². The molecule has 2 rings (SSSR count). The number of ether oxygens (including phenoxy) is 1. The van der Waals surface area contributed by atoms with E-state index in [1.807, 2.05) is 29.8 Å². The number of nitrogens with zero attached hydrogens (tertiary/aromatic N) is 2. The van der Waals surface area contributed by atoms with Crippen LogP contribution >= 0.6 is 0 Å². The standard InChI is InChI=1S/C13H14N2O2/c1-2-15-8-7-14-13(15)10-17-12-6-4-3-5-11(12)9-16/h3-9H,2,10H2,1H3. The highest BCUT2D eigenvalue weighted by atomic mass is 16.5. The molecule has 0 aliphatic rings. The Morgan fingerprint density at radius 1 is 1.41 bits per heavy atom. The quantitative estimate of drug-likeness (QED) is 0.740. The maximum Gasteiger partial charge on any atom is 0.153 e. The van der Waals surface area contributed by atoms with Gasteiger partial charge in [-0.25, -0.2) is 4.98 Å². The Hall–Kier alpha value is -2.10. The molecule has 4 heteroatoms. The molecule has 0 atom stereocenters. The van der Waals surface area contributed by atoms with E-state index in [0.29, 0.717) is 17.9 Å². The number of rotatable bonds is 5. The average molecular weight is 230 g/mol. The Kier molecular flexibility index (Phi) is 3.55. The van der Waals surface area contributed by atoms with Gasteiger partial charge in [0.1, 0.15) is 18.2 Å². The van der Waals surface area contributed by atoms with Crippen molar-refractivity contribution in [2.24, 2.45) is 0 Å². The molecule has 2 aromatic rings. The second kappa shape index (κ2) is 5.30. The highest BCUT2D eigenvalue weighted by molar-refractivity contribution is 5.79. The first-order chi connectivity index (χ1) is 8.35. The summed E-state index contributed by atoms with van der Waals surface area (Å²) in [4.78, 5) is 15.0. The first-order valence-corrected chi connectivity index (χ1v) is 5.52. The number of hydrogen-bond donors (Lipinski definition) is 0. The summed E-state index contributed by atoms with van der Waals surface area (Å²) in [6.07, 6.45) is 4.44. The molecule has 0 unspecified atom stereocenters. The van der Waals surface area contributed by atoms with Gasteiger partial charge in [0.05, 0.1) is 5.56 Å². The molecule has 0 amide bonds. The molecular weight excluding hydrogens is 216 g/mol. The van der Waals surface area contributed by atoms with Crippen LogP contribution < -0.4 is 4.74 Å². The lowest BCUT2D eigenvalue weighted by molar-refractivity contribution is 0.111. The Balaban J connectivity index is 2.09. The van der Waals surface area contributed by atoms with Crippen LogP contribution in [-0.4, -0.2) is 15.8 Å². The minimum atomic E-state index is 0.367. The topological polar surface area (TPSA) is 44.1 Å². The van der Waals surface area contributed by atoms with Crippen LogP contribution in [0.1, 0.15) is 23.1 Å². The van der Waals surface area contributed by atoms with Gasteiger partial charge in [0.15, 0.2) is 6.29 Å². The van der Waals surface area contributed by atoms with Crippen molar-refractivity contribution in [2.45, 2.75) is 20.1 Å². The van der Waals surface area contributed by atoms with Crippen LogP contribution in [0.2, 0.25) is 0 Å². The normalized spacial score (nSPS) is 10.2. The summed E-state index contributed by atoms with van der Waals surface area (Å²) in [5.41, 5.74) is 0.558. The molecule has 0 N–H and O–H groups in total. The van der Waals surface area contributed by atoms with Gasteiger partial charge >= 0.3 is 0 Å². The zero-order valence-corrected chi connectivity index (χ0v) is 9.67. The van der Waals surface area contributed by atoms with Gasteiger partial charge < -0.3 is 9.30 Å². The van der Waals surface area contributed by atoms with E-state index in [9.17, 15) is 4.79 Å². The third-order valence-electron chi connectivity index (χ3n) is 2.55. The summed E-state index contributed by atoms with van der Waals surface area (Å²) < 4.78 is 7.60. The predicted octanol–water partition coefficient (Wildman–Crippen LogP) is 2.29. The maximum atomic E-state index is 10.8. The van der Waals surface area contributed by atoms with Crippen molar-refractivity contribution in [1.82, 2.24) is 9.55 Å². The largest absolute Gasteiger partial charge is 0.485 e. The van der Waals surface area contributed by atoms with Gasteiger partial charge in [-0.3, -0.25) is 4.79 Å². The number of aryl methyl sites for hydroxylation is 1. The van der Waals surface area contributed by atoms with Crippen LogP contribution in [-0.2, 0) is 13.2 Å². The van der Waals surface area contributed by atoms with E-state index < -0.39 is 0 Å². The molecule has 0 radical (unpaired) electrons. The first-order valence-electron chi connectivity index (χ1n) is 5.52. The molecule has 0 aliphatic carbocycles. The zero-order valence-electron chi connectivity index (χ0n) is 9.67. The number of imidazole rings is 1. The summed E-state index contributed by atoms with van der Waals surface area (Å²) in [7, 11) is 0. The Bertz CT molecular complexity index is 506.